The number of alkyl halides is 1. The first-order valence-corrected chi connectivity index (χ1v) is 9.28. The third kappa shape index (κ3) is 3.02. The van der Waals surface area contributed by atoms with Crippen molar-refractivity contribution in [3.63, 3.8) is 0 Å². The molecule has 0 N–H and O–H groups in total. The molecule has 2 fully saturated rings. The van der Waals surface area contributed by atoms with E-state index in [4.69, 9.17) is 0 Å². The van der Waals surface area contributed by atoms with Crippen LogP contribution in [0.2, 0.25) is 0 Å². The van der Waals surface area contributed by atoms with Crippen molar-refractivity contribution < 1.29 is 0 Å². The van der Waals surface area contributed by atoms with E-state index in [1.807, 2.05) is 0 Å². The predicted octanol–water partition coefficient (Wildman–Crippen LogP) is 5.36. The normalized spacial score (nSPS) is 27.2. The molecule has 3 heteroatoms. The van der Waals surface area contributed by atoms with Crippen LogP contribution in [0.15, 0.2) is 22.7 Å². The summed E-state index contributed by atoms with van der Waals surface area (Å²) in [5.74, 6) is 1.95. The van der Waals surface area contributed by atoms with Crippen LogP contribution in [0.25, 0.3) is 0 Å². The molecule has 0 radical (unpaired) electrons. The molecule has 0 spiro atoms. The van der Waals surface area contributed by atoms with Gasteiger partial charge in [-0.15, -0.1) is 0 Å². The molecule has 2 unspecified atom stereocenters. The number of benzene rings is 1. The van der Waals surface area contributed by atoms with E-state index >= 15 is 0 Å². The Labute approximate surface area is 133 Å². The Hall–Kier alpha value is -0.0200. The maximum atomic E-state index is 3.69. The molecule has 3 rings (SSSR count). The fourth-order valence-electron chi connectivity index (χ4n) is 3.68. The Morgan fingerprint density at radius 1 is 1.11 bits per heavy atom. The number of hydrogen-bond acceptors (Lipinski definition) is 1. The summed E-state index contributed by atoms with van der Waals surface area (Å²) < 4.78 is 1.23. The highest BCUT2D eigenvalue weighted by molar-refractivity contribution is 9.10. The molecule has 1 saturated heterocycles. The van der Waals surface area contributed by atoms with Crippen LogP contribution in [-0.2, 0) is 5.33 Å². The van der Waals surface area contributed by atoms with Crippen molar-refractivity contribution in [1.82, 2.24) is 0 Å². The van der Waals surface area contributed by atoms with E-state index in [0.717, 1.165) is 17.2 Å². The third-order valence-electron chi connectivity index (χ3n) is 4.84. The van der Waals surface area contributed by atoms with Crippen LogP contribution in [-0.4, -0.2) is 13.1 Å². The van der Waals surface area contributed by atoms with Crippen molar-refractivity contribution >= 4 is 37.5 Å². The zero-order valence-electron chi connectivity index (χ0n) is 11.2. The van der Waals surface area contributed by atoms with Gasteiger partial charge < -0.3 is 4.90 Å². The monoisotopic (exact) mass is 385 g/mol. The molecule has 19 heavy (non-hydrogen) atoms. The quantitative estimate of drug-likeness (QED) is 0.618. The molecule has 1 saturated carbocycles. The van der Waals surface area contributed by atoms with Gasteiger partial charge in [0.15, 0.2) is 0 Å². The van der Waals surface area contributed by atoms with Crippen LogP contribution < -0.4 is 4.90 Å². The summed E-state index contributed by atoms with van der Waals surface area (Å²) in [6, 6.07) is 6.81. The van der Waals surface area contributed by atoms with Crippen LogP contribution in [0.1, 0.15) is 37.7 Å². The lowest BCUT2D eigenvalue weighted by atomic mass is 9.75. The van der Waals surface area contributed by atoms with Crippen LogP contribution in [0, 0.1) is 11.8 Å². The SMILES string of the molecule is BrCc1ccc(N2CCC3CCCCC3C2)cc1Br. The van der Waals surface area contributed by atoms with Crippen molar-refractivity contribution in [3.8, 4) is 0 Å². The fourth-order valence-corrected chi connectivity index (χ4v) is 5.05. The summed E-state index contributed by atoms with van der Waals surface area (Å²) in [7, 11) is 0. The van der Waals surface area contributed by atoms with Gasteiger partial charge >= 0.3 is 0 Å². The van der Waals surface area contributed by atoms with Crippen LogP contribution in [0.4, 0.5) is 5.69 Å². The Morgan fingerprint density at radius 2 is 1.89 bits per heavy atom. The molecule has 104 valence electrons. The molecule has 1 aliphatic carbocycles. The first-order chi connectivity index (χ1) is 9.28. The minimum Gasteiger partial charge on any atom is -0.371 e. The average Bonchev–Trinajstić information content (AvgIpc) is 2.46. The second-order valence-corrected chi connectivity index (χ2v) is 7.36. The Kier molecular flexibility index (Phi) is 4.53. The van der Waals surface area contributed by atoms with Crippen molar-refractivity contribution in [2.75, 3.05) is 18.0 Å². The van der Waals surface area contributed by atoms with Gasteiger partial charge in [-0.25, -0.2) is 0 Å². The lowest BCUT2D eigenvalue weighted by Gasteiger charge is -2.42. The van der Waals surface area contributed by atoms with Gasteiger partial charge in [0.1, 0.15) is 0 Å². The minimum atomic E-state index is 0.915. The maximum absolute atomic E-state index is 3.69. The van der Waals surface area contributed by atoms with E-state index in [9.17, 15) is 0 Å². The average molecular weight is 387 g/mol. The first-order valence-electron chi connectivity index (χ1n) is 7.37. The highest BCUT2D eigenvalue weighted by Crippen LogP contribution is 2.38. The van der Waals surface area contributed by atoms with Crippen molar-refractivity contribution in [2.45, 2.75) is 37.4 Å². The molecular formula is C16H21Br2N. The smallest absolute Gasteiger partial charge is 0.0377 e. The summed E-state index contributed by atoms with van der Waals surface area (Å²) >= 11 is 7.22. The molecule has 1 nitrogen and oxygen atoms in total. The largest absolute Gasteiger partial charge is 0.371 e. The van der Waals surface area contributed by atoms with Crippen molar-refractivity contribution in [1.29, 1.82) is 0 Å². The summed E-state index contributed by atoms with van der Waals surface area (Å²) in [4.78, 5) is 2.59. The van der Waals surface area contributed by atoms with E-state index in [0.29, 0.717) is 0 Å². The number of anilines is 1. The molecular weight excluding hydrogens is 366 g/mol. The highest BCUT2D eigenvalue weighted by atomic mass is 79.9. The number of hydrogen-bond donors (Lipinski definition) is 0. The standard InChI is InChI=1S/C16H21Br2N/c17-10-13-5-6-15(9-16(13)18)19-8-7-12-3-1-2-4-14(12)11-19/h5-6,9,12,14H,1-4,7-8,10-11H2. The van der Waals surface area contributed by atoms with E-state index in [1.165, 1.54) is 60.9 Å². The number of rotatable bonds is 2. The molecule has 1 heterocycles. The first kappa shape index (κ1) is 13.9. The minimum absolute atomic E-state index is 0.915. The maximum Gasteiger partial charge on any atom is 0.0377 e. The second-order valence-electron chi connectivity index (χ2n) is 5.95. The van der Waals surface area contributed by atoms with Gasteiger partial charge in [0.05, 0.1) is 0 Å². The molecule has 1 aliphatic heterocycles. The van der Waals surface area contributed by atoms with Gasteiger partial charge in [0, 0.05) is 28.6 Å². The van der Waals surface area contributed by atoms with E-state index in [1.54, 1.807) is 0 Å². The number of nitrogens with zero attached hydrogens (tertiary/aromatic N) is 1. The number of halogens is 2. The molecule has 0 aromatic heterocycles. The van der Waals surface area contributed by atoms with Gasteiger partial charge in [0.2, 0.25) is 0 Å². The zero-order valence-corrected chi connectivity index (χ0v) is 14.4. The van der Waals surface area contributed by atoms with Gasteiger partial charge in [0.25, 0.3) is 0 Å². The number of piperidine rings is 1. The predicted molar refractivity (Wildman–Crippen MR) is 89.1 cm³/mol. The fraction of sp³-hybridized carbons (Fsp3) is 0.625. The zero-order chi connectivity index (χ0) is 13.2. The van der Waals surface area contributed by atoms with E-state index in [2.05, 4.69) is 55.0 Å². The van der Waals surface area contributed by atoms with Gasteiger partial charge in [-0.3, -0.25) is 0 Å². The Balaban J connectivity index is 1.74. The molecule has 2 atom stereocenters. The van der Waals surface area contributed by atoms with Crippen LogP contribution in [0.5, 0.6) is 0 Å². The molecule has 2 aliphatic rings. The van der Waals surface area contributed by atoms with Gasteiger partial charge in [-0.05, 0) is 42.4 Å². The summed E-state index contributed by atoms with van der Waals surface area (Å²) in [6.45, 7) is 2.51. The highest BCUT2D eigenvalue weighted by Gasteiger charge is 2.31. The lowest BCUT2D eigenvalue weighted by Crippen LogP contribution is -2.41. The summed E-state index contributed by atoms with van der Waals surface area (Å²) in [5.41, 5.74) is 2.72. The molecule has 0 bridgehead atoms. The Morgan fingerprint density at radius 3 is 2.63 bits per heavy atom. The number of fused-ring (bicyclic) bond motifs is 1. The summed E-state index contributed by atoms with van der Waals surface area (Å²) in [6.07, 6.45) is 7.23. The molecule has 1 aromatic rings. The van der Waals surface area contributed by atoms with Crippen molar-refractivity contribution in [2.24, 2.45) is 11.8 Å². The van der Waals surface area contributed by atoms with Gasteiger partial charge in [-0.2, -0.15) is 0 Å². The van der Waals surface area contributed by atoms with Crippen molar-refractivity contribution in [3.05, 3.63) is 28.2 Å². The van der Waals surface area contributed by atoms with Gasteiger partial charge in [-0.1, -0.05) is 57.2 Å². The summed E-state index contributed by atoms with van der Waals surface area (Å²) in [5, 5.41) is 0.915. The van der Waals surface area contributed by atoms with Crippen LogP contribution >= 0.6 is 31.9 Å². The molecule has 1 aromatic carbocycles. The van der Waals surface area contributed by atoms with E-state index < -0.39 is 0 Å². The third-order valence-corrected chi connectivity index (χ3v) is 6.18. The lowest BCUT2D eigenvalue weighted by molar-refractivity contribution is 0.202. The van der Waals surface area contributed by atoms with Crippen LogP contribution in [0.3, 0.4) is 0 Å². The second kappa shape index (κ2) is 6.17. The van der Waals surface area contributed by atoms with E-state index in [-0.39, 0.29) is 0 Å². The Bertz CT molecular complexity index is 446. The molecule has 0 amide bonds. The topological polar surface area (TPSA) is 3.24 Å².